The van der Waals surface area contributed by atoms with Crippen molar-refractivity contribution in [3.63, 3.8) is 0 Å². The van der Waals surface area contributed by atoms with Crippen LogP contribution in [-0.4, -0.2) is 53.3 Å². The predicted octanol–water partition coefficient (Wildman–Crippen LogP) is 2.90. The lowest BCUT2D eigenvalue weighted by molar-refractivity contribution is -0.135. The molecular formula is C19H22BrFN4O2. The SMILES string of the molecule is CC(C(=O)N(C)Cc1cccc(F)c1)N(C)CC(=O)Nc1ccc(Br)cn1. The minimum absolute atomic E-state index is 0.0401. The van der Waals surface area contributed by atoms with Gasteiger partial charge in [0.15, 0.2) is 0 Å². The van der Waals surface area contributed by atoms with Crippen molar-refractivity contribution in [2.75, 3.05) is 26.0 Å². The molecule has 0 spiro atoms. The number of carbonyl (C=O) groups is 2. The predicted molar refractivity (Wildman–Crippen MR) is 106 cm³/mol. The molecule has 0 bridgehead atoms. The summed E-state index contributed by atoms with van der Waals surface area (Å²) in [4.78, 5) is 32.0. The fourth-order valence-corrected chi connectivity index (χ4v) is 2.72. The van der Waals surface area contributed by atoms with Crippen molar-refractivity contribution in [2.45, 2.75) is 19.5 Å². The molecule has 0 fully saturated rings. The monoisotopic (exact) mass is 436 g/mol. The average molecular weight is 437 g/mol. The summed E-state index contributed by atoms with van der Waals surface area (Å²) in [5.41, 5.74) is 0.708. The van der Waals surface area contributed by atoms with E-state index in [-0.39, 0.29) is 24.2 Å². The Hall–Kier alpha value is -2.32. The van der Waals surface area contributed by atoms with E-state index in [2.05, 4.69) is 26.2 Å². The third-order valence-corrected chi connectivity index (χ3v) is 4.56. The summed E-state index contributed by atoms with van der Waals surface area (Å²) in [7, 11) is 3.36. The molecule has 1 aromatic heterocycles. The number of hydrogen-bond acceptors (Lipinski definition) is 4. The molecule has 0 aliphatic heterocycles. The summed E-state index contributed by atoms with van der Waals surface area (Å²) in [6, 6.07) is 9.09. The first-order valence-electron chi connectivity index (χ1n) is 8.37. The third-order valence-electron chi connectivity index (χ3n) is 4.09. The Balaban J connectivity index is 1.88. The smallest absolute Gasteiger partial charge is 0.239 e. The van der Waals surface area contributed by atoms with Gasteiger partial charge in [0.1, 0.15) is 11.6 Å². The maximum Gasteiger partial charge on any atom is 0.239 e. The molecule has 0 radical (unpaired) electrons. The van der Waals surface area contributed by atoms with Crippen LogP contribution in [0.5, 0.6) is 0 Å². The van der Waals surface area contributed by atoms with Crippen molar-refractivity contribution >= 4 is 33.6 Å². The summed E-state index contributed by atoms with van der Waals surface area (Å²) >= 11 is 3.28. The van der Waals surface area contributed by atoms with Crippen LogP contribution in [0, 0.1) is 5.82 Å². The van der Waals surface area contributed by atoms with Crippen molar-refractivity contribution in [2.24, 2.45) is 0 Å². The van der Waals surface area contributed by atoms with Crippen LogP contribution in [0.15, 0.2) is 47.1 Å². The van der Waals surface area contributed by atoms with Crippen molar-refractivity contribution in [1.29, 1.82) is 0 Å². The van der Waals surface area contributed by atoms with Gasteiger partial charge in [-0.05, 0) is 59.7 Å². The number of benzene rings is 1. The second kappa shape index (κ2) is 9.57. The van der Waals surface area contributed by atoms with Gasteiger partial charge in [0.05, 0.1) is 12.6 Å². The van der Waals surface area contributed by atoms with Crippen LogP contribution in [0.3, 0.4) is 0 Å². The second-order valence-electron chi connectivity index (χ2n) is 6.33. The Bertz CT molecular complexity index is 801. The summed E-state index contributed by atoms with van der Waals surface area (Å²) in [5, 5.41) is 2.69. The first kappa shape index (κ1) is 21.0. The lowest BCUT2D eigenvalue weighted by Gasteiger charge is -2.27. The highest BCUT2D eigenvalue weighted by molar-refractivity contribution is 9.10. The zero-order valence-electron chi connectivity index (χ0n) is 15.4. The van der Waals surface area contributed by atoms with Gasteiger partial charge in [-0.25, -0.2) is 9.37 Å². The zero-order chi connectivity index (χ0) is 20.0. The van der Waals surface area contributed by atoms with Gasteiger partial charge in [-0.15, -0.1) is 0 Å². The number of nitrogens with one attached hydrogen (secondary N) is 1. The van der Waals surface area contributed by atoms with Gasteiger partial charge >= 0.3 is 0 Å². The lowest BCUT2D eigenvalue weighted by Crippen LogP contribution is -2.46. The molecule has 0 saturated carbocycles. The molecule has 1 N–H and O–H groups in total. The first-order valence-corrected chi connectivity index (χ1v) is 9.16. The maximum atomic E-state index is 13.3. The number of anilines is 1. The highest BCUT2D eigenvalue weighted by Gasteiger charge is 2.23. The van der Waals surface area contributed by atoms with Gasteiger partial charge in [0.25, 0.3) is 0 Å². The minimum atomic E-state index is -0.507. The second-order valence-corrected chi connectivity index (χ2v) is 7.24. The topological polar surface area (TPSA) is 65.5 Å². The molecule has 1 atom stereocenters. The number of carbonyl (C=O) groups excluding carboxylic acids is 2. The van der Waals surface area contributed by atoms with Gasteiger partial charge in [0, 0.05) is 24.3 Å². The molecule has 2 aromatic rings. The molecule has 0 aliphatic rings. The van der Waals surface area contributed by atoms with E-state index < -0.39 is 6.04 Å². The van der Waals surface area contributed by atoms with Crippen molar-refractivity contribution < 1.29 is 14.0 Å². The molecule has 6 nitrogen and oxygen atoms in total. The Morgan fingerprint density at radius 3 is 2.63 bits per heavy atom. The lowest BCUT2D eigenvalue weighted by atomic mass is 10.2. The fraction of sp³-hybridized carbons (Fsp3) is 0.316. The van der Waals surface area contributed by atoms with Gasteiger partial charge in [-0.2, -0.15) is 0 Å². The molecule has 1 aromatic carbocycles. The highest BCUT2D eigenvalue weighted by Crippen LogP contribution is 2.11. The van der Waals surface area contributed by atoms with Crippen LogP contribution in [0.1, 0.15) is 12.5 Å². The van der Waals surface area contributed by atoms with E-state index in [1.807, 2.05) is 0 Å². The van der Waals surface area contributed by atoms with Gasteiger partial charge in [-0.1, -0.05) is 12.1 Å². The van der Waals surface area contributed by atoms with E-state index in [1.165, 1.54) is 17.0 Å². The summed E-state index contributed by atoms with van der Waals surface area (Å²) < 4.78 is 14.1. The number of aromatic nitrogens is 1. The first-order chi connectivity index (χ1) is 12.8. The van der Waals surface area contributed by atoms with E-state index in [1.54, 1.807) is 56.4 Å². The Labute approximate surface area is 166 Å². The number of hydrogen-bond donors (Lipinski definition) is 1. The van der Waals surface area contributed by atoms with Crippen LogP contribution in [0.25, 0.3) is 0 Å². The average Bonchev–Trinajstić information content (AvgIpc) is 2.62. The fourth-order valence-electron chi connectivity index (χ4n) is 2.49. The molecule has 1 heterocycles. The number of rotatable bonds is 7. The highest BCUT2D eigenvalue weighted by atomic mass is 79.9. The standard InChI is InChI=1S/C19H22BrFN4O2/c1-13(19(27)25(3)11-14-5-4-6-16(21)9-14)24(2)12-18(26)23-17-8-7-15(20)10-22-17/h4-10,13H,11-12H2,1-3H3,(H,22,23,26). The van der Waals surface area contributed by atoms with Crippen molar-refractivity contribution in [1.82, 2.24) is 14.8 Å². The van der Waals surface area contributed by atoms with E-state index in [0.717, 1.165) is 4.47 Å². The largest absolute Gasteiger partial charge is 0.340 e. The van der Waals surface area contributed by atoms with Gasteiger partial charge < -0.3 is 10.2 Å². The molecule has 144 valence electrons. The molecule has 27 heavy (non-hydrogen) atoms. The van der Waals surface area contributed by atoms with E-state index in [0.29, 0.717) is 17.9 Å². The molecule has 2 rings (SSSR count). The molecule has 8 heteroatoms. The van der Waals surface area contributed by atoms with Crippen molar-refractivity contribution in [3.8, 4) is 0 Å². The summed E-state index contributed by atoms with van der Waals surface area (Å²) in [5.74, 6) is -0.313. The Morgan fingerprint density at radius 1 is 1.26 bits per heavy atom. The Morgan fingerprint density at radius 2 is 2.00 bits per heavy atom. The molecular weight excluding hydrogens is 415 g/mol. The van der Waals surface area contributed by atoms with Gasteiger partial charge in [0.2, 0.25) is 11.8 Å². The number of halogens is 2. The summed E-state index contributed by atoms with van der Waals surface area (Å²) in [6.45, 7) is 2.07. The van der Waals surface area contributed by atoms with Gasteiger partial charge in [-0.3, -0.25) is 14.5 Å². The van der Waals surface area contributed by atoms with Crippen LogP contribution >= 0.6 is 15.9 Å². The summed E-state index contributed by atoms with van der Waals surface area (Å²) in [6.07, 6.45) is 1.59. The number of amides is 2. The van der Waals surface area contributed by atoms with E-state index in [4.69, 9.17) is 0 Å². The van der Waals surface area contributed by atoms with Crippen LogP contribution in [0.4, 0.5) is 10.2 Å². The van der Waals surface area contributed by atoms with Crippen LogP contribution < -0.4 is 5.32 Å². The quantitative estimate of drug-likeness (QED) is 0.724. The van der Waals surface area contributed by atoms with E-state index >= 15 is 0 Å². The Kier molecular flexibility index (Phi) is 7.44. The maximum absolute atomic E-state index is 13.3. The van der Waals surface area contributed by atoms with Crippen molar-refractivity contribution in [3.05, 3.63) is 58.4 Å². The molecule has 0 saturated heterocycles. The van der Waals surface area contributed by atoms with Crippen LogP contribution in [0.2, 0.25) is 0 Å². The number of pyridine rings is 1. The third kappa shape index (κ3) is 6.41. The normalized spacial score (nSPS) is 11.9. The molecule has 2 amide bonds. The molecule has 1 unspecified atom stereocenters. The number of nitrogens with zero attached hydrogens (tertiary/aromatic N) is 3. The van der Waals surface area contributed by atoms with Crippen LogP contribution in [-0.2, 0) is 16.1 Å². The molecule has 0 aliphatic carbocycles. The van der Waals surface area contributed by atoms with E-state index in [9.17, 15) is 14.0 Å². The zero-order valence-corrected chi connectivity index (χ0v) is 17.0. The number of likely N-dealkylation sites (N-methyl/N-ethyl adjacent to an activating group) is 2. The minimum Gasteiger partial charge on any atom is -0.340 e.